The molecule has 0 saturated carbocycles. The molecule has 0 radical (unpaired) electrons. The molecule has 2 atom stereocenters. The Bertz CT molecular complexity index is 915. The van der Waals surface area contributed by atoms with E-state index < -0.39 is 28.0 Å². The lowest BCUT2D eigenvalue weighted by atomic mass is 10.1. The van der Waals surface area contributed by atoms with Crippen LogP contribution < -0.4 is 5.32 Å². The lowest BCUT2D eigenvalue weighted by molar-refractivity contribution is -0.122. The highest BCUT2D eigenvalue weighted by atomic mass is 32.2. The van der Waals surface area contributed by atoms with Gasteiger partial charge in [0.2, 0.25) is 5.91 Å². The number of nitrogens with one attached hydrogen (secondary N) is 1. The van der Waals surface area contributed by atoms with Crippen molar-refractivity contribution in [1.29, 1.82) is 0 Å². The average molecular weight is 592 g/mol. The highest BCUT2D eigenvalue weighted by Crippen LogP contribution is 2.11. The summed E-state index contributed by atoms with van der Waals surface area (Å²) < 4.78 is 32.1. The number of rotatable bonds is 26. The number of amides is 1. The molecule has 0 heterocycles. The molecule has 0 aromatic rings. The van der Waals surface area contributed by atoms with Gasteiger partial charge in [-0.1, -0.05) is 112 Å². The molecule has 0 aliphatic rings. The highest BCUT2D eigenvalue weighted by molar-refractivity contribution is 7.85. The van der Waals surface area contributed by atoms with Gasteiger partial charge in [0, 0.05) is 6.42 Å². The Morgan fingerprint density at radius 3 is 1.83 bits per heavy atom. The van der Waals surface area contributed by atoms with Gasteiger partial charge in [-0.15, -0.1) is 0 Å². The third-order valence-corrected chi connectivity index (χ3v) is 7.22. The zero-order chi connectivity index (χ0) is 30.4. The summed E-state index contributed by atoms with van der Waals surface area (Å²) in [7, 11) is -4.35. The van der Waals surface area contributed by atoms with Crippen molar-refractivity contribution >= 4 is 16.0 Å². The maximum absolute atomic E-state index is 12.4. The summed E-state index contributed by atoms with van der Waals surface area (Å²) in [5.41, 5.74) is 0. The van der Waals surface area contributed by atoms with Gasteiger partial charge in [0.15, 0.2) is 0 Å². The Kier molecular flexibility index (Phi) is 26.4. The summed E-state index contributed by atoms with van der Waals surface area (Å²) in [5.74, 6) is -1.04. The van der Waals surface area contributed by atoms with Gasteiger partial charge in [0.1, 0.15) is 0 Å². The van der Waals surface area contributed by atoms with Crippen molar-refractivity contribution in [1.82, 2.24) is 5.32 Å². The molecule has 0 aliphatic heterocycles. The number of carbonyl (C=O) groups is 1. The monoisotopic (exact) mass is 591 g/mol. The second-order valence-corrected chi connectivity index (χ2v) is 11.8. The first-order chi connectivity index (χ1) is 19.8. The van der Waals surface area contributed by atoms with Crippen molar-refractivity contribution in [2.45, 2.75) is 129 Å². The van der Waals surface area contributed by atoms with E-state index in [2.05, 4.69) is 66.9 Å². The van der Waals surface area contributed by atoms with E-state index in [1.807, 2.05) is 13.0 Å². The minimum Gasteiger partial charge on any atom is -0.387 e. The molecule has 0 fully saturated rings. The van der Waals surface area contributed by atoms with Gasteiger partial charge in [-0.2, -0.15) is 8.42 Å². The van der Waals surface area contributed by atoms with Crippen LogP contribution >= 0.6 is 0 Å². The number of carbonyl (C=O) groups excluding carboxylic acids is 1. The third-order valence-electron chi connectivity index (χ3n) is 6.44. The van der Waals surface area contributed by atoms with Crippen molar-refractivity contribution in [2.24, 2.45) is 0 Å². The van der Waals surface area contributed by atoms with Crippen LogP contribution in [0, 0.1) is 0 Å². The van der Waals surface area contributed by atoms with Gasteiger partial charge in [0.05, 0.1) is 17.9 Å². The molecule has 0 aliphatic carbocycles. The fourth-order valence-corrected chi connectivity index (χ4v) is 4.88. The SMILES string of the molecule is C/C=C/CC/C=C/CC/C=C/C(O)C(CS(=O)(=O)O)NC(=O)CCCCCCCCC/C=C\C/C=C\C/C=C\CC. The highest BCUT2D eigenvalue weighted by Gasteiger charge is 2.24. The Morgan fingerprint density at radius 1 is 0.707 bits per heavy atom. The first-order valence-corrected chi connectivity index (χ1v) is 17.2. The summed E-state index contributed by atoms with van der Waals surface area (Å²) in [5, 5.41) is 13.0. The molecule has 2 unspecified atom stereocenters. The van der Waals surface area contributed by atoms with Crippen LogP contribution in [0.25, 0.3) is 0 Å². The third kappa shape index (κ3) is 29.1. The second-order valence-electron chi connectivity index (χ2n) is 10.3. The van der Waals surface area contributed by atoms with Crippen molar-refractivity contribution in [3.8, 4) is 0 Å². The molecule has 3 N–H and O–H groups in total. The topological polar surface area (TPSA) is 104 Å². The van der Waals surface area contributed by atoms with Crippen molar-refractivity contribution < 1.29 is 22.9 Å². The molecule has 0 bridgehead atoms. The van der Waals surface area contributed by atoms with Crippen LogP contribution in [0.4, 0.5) is 0 Å². The minimum atomic E-state index is -4.35. The van der Waals surface area contributed by atoms with Crippen molar-refractivity contribution in [3.05, 3.63) is 72.9 Å². The molecule has 0 rings (SSSR count). The van der Waals surface area contributed by atoms with Gasteiger partial charge in [-0.3, -0.25) is 9.35 Å². The molecular formula is C34H57NO5S. The molecule has 0 saturated heterocycles. The summed E-state index contributed by atoms with van der Waals surface area (Å²) in [6, 6.07) is -1.09. The fourth-order valence-electron chi connectivity index (χ4n) is 4.15. The molecule has 0 aromatic heterocycles. The summed E-state index contributed by atoms with van der Waals surface area (Å²) >= 11 is 0. The standard InChI is InChI=1S/C34H57NO5S/c1-3-5-7-9-11-13-14-15-16-17-18-19-20-22-24-26-28-30-34(37)35-32(31-41(38,39)40)33(36)29-27-25-23-21-12-10-8-6-4-2/h4-7,11-13,15-16,21,27,29,32-33,36H,3,8-10,14,17-20,22-26,28,30-31H2,1-2H3,(H,35,37)(H,38,39,40)/b6-4+,7-5-,13-11-,16-15-,21-12+,29-27+. The van der Waals surface area contributed by atoms with E-state index >= 15 is 0 Å². The smallest absolute Gasteiger partial charge is 0.267 e. The number of unbranched alkanes of at least 4 members (excludes halogenated alkanes) is 9. The van der Waals surface area contributed by atoms with E-state index in [1.165, 1.54) is 25.3 Å². The summed E-state index contributed by atoms with van der Waals surface area (Å²) in [6.45, 7) is 4.14. The molecule has 234 valence electrons. The largest absolute Gasteiger partial charge is 0.387 e. The van der Waals surface area contributed by atoms with E-state index in [1.54, 1.807) is 6.08 Å². The van der Waals surface area contributed by atoms with Crippen molar-refractivity contribution in [2.75, 3.05) is 5.75 Å². The molecule has 7 heteroatoms. The predicted octanol–water partition coefficient (Wildman–Crippen LogP) is 8.34. The number of aliphatic hydroxyl groups excluding tert-OH is 1. The van der Waals surface area contributed by atoms with Crippen molar-refractivity contribution in [3.63, 3.8) is 0 Å². The Morgan fingerprint density at radius 2 is 1.22 bits per heavy atom. The zero-order valence-electron chi connectivity index (χ0n) is 25.6. The Balaban J connectivity index is 4.08. The Labute approximate surface area is 251 Å². The molecule has 6 nitrogen and oxygen atoms in total. The van der Waals surface area contributed by atoms with E-state index in [4.69, 9.17) is 0 Å². The summed E-state index contributed by atoms with van der Waals surface area (Å²) in [4.78, 5) is 12.4. The number of aliphatic hydroxyl groups is 1. The normalized spacial score (nSPS) is 14.5. The van der Waals surface area contributed by atoms with Crippen LogP contribution in [-0.2, 0) is 14.9 Å². The van der Waals surface area contributed by atoms with E-state index in [-0.39, 0.29) is 12.3 Å². The lowest BCUT2D eigenvalue weighted by Gasteiger charge is -2.21. The van der Waals surface area contributed by atoms with Crippen LogP contribution in [0.2, 0.25) is 0 Å². The molecule has 0 spiro atoms. The first kappa shape index (κ1) is 38.8. The first-order valence-electron chi connectivity index (χ1n) is 15.6. The minimum absolute atomic E-state index is 0.268. The van der Waals surface area contributed by atoms with E-state index in [0.29, 0.717) is 12.8 Å². The number of hydrogen-bond donors (Lipinski definition) is 3. The van der Waals surface area contributed by atoms with E-state index in [9.17, 15) is 22.9 Å². The molecular weight excluding hydrogens is 534 g/mol. The van der Waals surface area contributed by atoms with Gasteiger partial charge >= 0.3 is 0 Å². The molecule has 1 amide bonds. The van der Waals surface area contributed by atoms with Crippen LogP contribution in [0.3, 0.4) is 0 Å². The van der Waals surface area contributed by atoms with E-state index in [0.717, 1.165) is 64.2 Å². The predicted molar refractivity (Wildman–Crippen MR) is 174 cm³/mol. The number of allylic oxidation sites excluding steroid dienone is 11. The van der Waals surface area contributed by atoms with Gasteiger partial charge in [0.25, 0.3) is 10.1 Å². The second kappa shape index (κ2) is 27.9. The lowest BCUT2D eigenvalue weighted by Crippen LogP contribution is -2.46. The van der Waals surface area contributed by atoms with Gasteiger partial charge in [-0.05, 0) is 71.1 Å². The quantitative estimate of drug-likeness (QED) is 0.0533. The molecule has 0 aromatic carbocycles. The fraction of sp³-hybridized carbons (Fsp3) is 0.618. The van der Waals surface area contributed by atoms with Crippen LogP contribution in [0.15, 0.2) is 72.9 Å². The summed E-state index contributed by atoms with van der Waals surface area (Å²) in [6.07, 6.45) is 39.1. The number of hydrogen-bond acceptors (Lipinski definition) is 4. The average Bonchev–Trinajstić information content (AvgIpc) is 2.92. The maximum Gasteiger partial charge on any atom is 0.267 e. The zero-order valence-corrected chi connectivity index (χ0v) is 26.4. The van der Waals surface area contributed by atoms with Crippen LogP contribution in [0.5, 0.6) is 0 Å². The van der Waals surface area contributed by atoms with Gasteiger partial charge in [-0.25, -0.2) is 0 Å². The van der Waals surface area contributed by atoms with Gasteiger partial charge < -0.3 is 10.4 Å². The molecule has 41 heavy (non-hydrogen) atoms. The van der Waals surface area contributed by atoms with Crippen LogP contribution in [0.1, 0.15) is 117 Å². The maximum atomic E-state index is 12.4. The van der Waals surface area contributed by atoms with Crippen LogP contribution in [-0.4, -0.2) is 41.9 Å². The Hall–Kier alpha value is -2.22.